The maximum absolute atomic E-state index is 13.3. The molecule has 2 atom stereocenters. The van der Waals surface area contributed by atoms with E-state index in [0.29, 0.717) is 11.8 Å². The number of nitrogens with one attached hydrogen (secondary N) is 1. The lowest BCUT2D eigenvalue weighted by Crippen LogP contribution is -2.31. The molecule has 1 N–H and O–H groups in total. The topological polar surface area (TPSA) is 12.0 Å². The minimum atomic E-state index is -0.491. The first-order valence-electron chi connectivity index (χ1n) is 5.21. The van der Waals surface area contributed by atoms with Gasteiger partial charge in [-0.2, -0.15) is 0 Å². The SMILES string of the molecule is FC(CC1CCCNC1)C1CC1. The van der Waals surface area contributed by atoms with Gasteiger partial charge in [0.1, 0.15) is 6.17 Å². The zero-order valence-electron chi connectivity index (χ0n) is 7.56. The van der Waals surface area contributed by atoms with Gasteiger partial charge in [-0.3, -0.25) is 0 Å². The Kier molecular flexibility index (Phi) is 2.64. The second kappa shape index (κ2) is 3.73. The van der Waals surface area contributed by atoms with Gasteiger partial charge in [0.15, 0.2) is 0 Å². The van der Waals surface area contributed by atoms with Crippen LogP contribution < -0.4 is 5.32 Å². The Labute approximate surface area is 73.7 Å². The summed E-state index contributed by atoms with van der Waals surface area (Å²) in [6.07, 6.45) is 5.08. The monoisotopic (exact) mass is 171 g/mol. The summed E-state index contributed by atoms with van der Waals surface area (Å²) in [7, 11) is 0. The third-order valence-electron chi connectivity index (χ3n) is 3.09. The summed E-state index contributed by atoms with van der Waals surface area (Å²) >= 11 is 0. The van der Waals surface area contributed by atoms with Crippen molar-refractivity contribution in [2.24, 2.45) is 11.8 Å². The number of halogens is 1. The quantitative estimate of drug-likeness (QED) is 0.686. The summed E-state index contributed by atoms with van der Waals surface area (Å²) in [4.78, 5) is 0. The molecular weight excluding hydrogens is 153 g/mol. The maximum atomic E-state index is 13.3. The van der Waals surface area contributed by atoms with Gasteiger partial charge in [-0.25, -0.2) is 4.39 Å². The van der Waals surface area contributed by atoms with Gasteiger partial charge in [-0.15, -0.1) is 0 Å². The number of alkyl halides is 1. The molecule has 2 rings (SSSR count). The molecule has 2 heteroatoms. The van der Waals surface area contributed by atoms with Crippen molar-refractivity contribution in [3.05, 3.63) is 0 Å². The average Bonchev–Trinajstić information content (AvgIpc) is 2.88. The molecule has 12 heavy (non-hydrogen) atoms. The van der Waals surface area contributed by atoms with Crippen LogP contribution in [-0.4, -0.2) is 19.3 Å². The van der Waals surface area contributed by atoms with E-state index in [-0.39, 0.29) is 0 Å². The third-order valence-corrected chi connectivity index (χ3v) is 3.09. The highest BCUT2D eigenvalue weighted by Gasteiger charge is 2.32. The van der Waals surface area contributed by atoms with Gasteiger partial charge in [0, 0.05) is 0 Å². The van der Waals surface area contributed by atoms with E-state index in [1.165, 1.54) is 12.8 Å². The lowest BCUT2D eigenvalue weighted by molar-refractivity contribution is 0.217. The van der Waals surface area contributed by atoms with Crippen LogP contribution in [0, 0.1) is 11.8 Å². The van der Waals surface area contributed by atoms with Crippen LogP contribution in [0.5, 0.6) is 0 Å². The Hall–Kier alpha value is -0.110. The van der Waals surface area contributed by atoms with E-state index in [0.717, 1.165) is 32.4 Å². The van der Waals surface area contributed by atoms with Crippen LogP contribution in [0.4, 0.5) is 4.39 Å². The van der Waals surface area contributed by atoms with Crippen molar-refractivity contribution >= 4 is 0 Å². The Morgan fingerprint density at radius 3 is 2.75 bits per heavy atom. The van der Waals surface area contributed by atoms with E-state index in [9.17, 15) is 4.39 Å². The smallest absolute Gasteiger partial charge is 0.103 e. The first-order chi connectivity index (χ1) is 5.86. The maximum Gasteiger partial charge on any atom is 0.103 e. The summed E-state index contributed by atoms with van der Waals surface area (Å²) in [5.41, 5.74) is 0. The Bertz CT molecular complexity index is 139. The molecule has 0 aromatic carbocycles. The molecule has 0 amide bonds. The molecule has 1 saturated heterocycles. The first-order valence-corrected chi connectivity index (χ1v) is 5.21. The molecule has 1 saturated carbocycles. The van der Waals surface area contributed by atoms with E-state index in [1.807, 2.05) is 0 Å². The van der Waals surface area contributed by atoms with Crippen LogP contribution in [0.25, 0.3) is 0 Å². The van der Waals surface area contributed by atoms with E-state index in [2.05, 4.69) is 5.32 Å². The minimum absolute atomic E-state index is 0.437. The van der Waals surface area contributed by atoms with E-state index < -0.39 is 6.17 Å². The molecular formula is C10H18FN. The molecule has 1 aliphatic heterocycles. The normalized spacial score (nSPS) is 33.2. The molecule has 2 fully saturated rings. The van der Waals surface area contributed by atoms with E-state index in [4.69, 9.17) is 0 Å². The van der Waals surface area contributed by atoms with Crippen molar-refractivity contribution in [2.45, 2.75) is 38.3 Å². The fourth-order valence-corrected chi connectivity index (χ4v) is 2.09. The molecule has 70 valence electrons. The van der Waals surface area contributed by atoms with Crippen molar-refractivity contribution in [1.82, 2.24) is 5.32 Å². The average molecular weight is 171 g/mol. The largest absolute Gasteiger partial charge is 0.316 e. The van der Waals surface area contributed by atoms with Gasteiger partial charge < -0.3 is 5.32 Å². The predicted molar refractivity (Wildman–Crippen MR) is 47.8 cm³/mol. The van der Waals surface area contributed by atoms with Crippen molar-refractivity contribution in [1.29, 1.82) is 0 Å². The van der Waals surface area contributed by atoms with Gasteiger partial charge in [-0.1, -0.05) is 0 Å². The lowest BCUT2D eigenvalue weighted by Gasteiger charge is -2.23. The summed E-state index contributed by atoms with van der Waals surface area (Å²) in [6.45, 7) is 2.18. The van der Waals surface area contributed by atoms with Crippen molar-refractivity contribution in [2.75, 3.05) is 13.1 Å². The van der Waals surface area contributed by atoms with E-state index in [1.54, 1.807) is 0 Å². The first kappa shape index (κ1) is 8.49. The van der Waals surface area contributed by atoms with Gasteiger partial charge in [0.05, 0.1) is 0 Å². The Balaban J connectivity index is 1.69. The van der Waals surface area contributed by atoms with Gasteiger partial charge >= 0.3 is 0 Å². The Morgan fingerprint density at radius 1 is 1.33 bits per heavy atom. The molecule has 1 nitrogen and oxygen atoms in total. The van der Waals surface area contributed by atoms with Gasteiger partial charge in [0.2, 0.25) is 0 Å². The second-order valence-electron chi connectivity index (χ2n) is 4.30. The second-order valence-corrected chi connectivity index (χ2v) is 4.30. The van der Waals surface area contributed by atoms with Crippen LogP contribution in [0.15, 0.2) is 0 Å². The van der Waals surface area contributed by atoms with Crippen LogP contribution in [0.3, 0.4) is 0 Å². The zero-order valence-corrected chi connectivity index (χ0v) is 7.56. The van der Waals surface area contributed by atoms with Crippen LogP contribution >= 0.6 is 0 Å². The summed E-state index contributed by atoms with van der Waals surface area (Å²) in [5, 5.41) is 3.33. The molecule has 0 aromatic rings. The van der Waals surface area contributed by atoms with Crippen molar-refractivity contribution in [3.8, 4) is 0 Å². The molecule has 0 aromatic heterocycles. The van der Waals surface area contributed by atoms with Crippen LogP contribution in [-0.2, 0) is 0 Å². The molecule has 0 radical (unpaired) electrons. The van der Waals surface area contributed by atoms with Crippen LogP contribution in [0.1, 0.15) is 32.1 Å². The highest BCUT2D eigenvalue weighted by molar-refractivity contribution is 4.84. The highest BCUT2D eigenvalue weighted by atomic mass is 19.1. The zero-order chi connectivity index (χ0) is 8.39. The summed E-state index contributed by atoms with van der Waals surface area (Å²) < 4.78 is 13.3. The fraction of sp³-hybridized carbons (Fsp3) is 1.00. The third kappa shape index (κ3) is 2.19. The predicted octanol–water partition coefficient (Wildman–Crippen LogP) is 2.12. The summed E-state index contributed by atoms with van der Waals surface area (Å²) in [5.74, 6) is 1.06. The molecule has 1 aliphatic carbocycles. The lowest BCUT2D eigenvalue weighted by atomic mass is 9.93. The number of hydrogen-bond acceptors (Lipinski definition) is 1. The van der Waals surface area contributed by atoms with Gasteiger partial charge in [-0.05, 0) is 57.0 Å². The summed E-state index contributed by atoms with van der Waals surface area (Å²) in [6, 6.07) is 0. The van der Waals surface area contributed by atoms with Crippen LogP contribution in [0.2, 0.25) is 0 Å². The fourth-order valence-electron chi connectivity index (χ4n) is 2.09. The standard InChI is InChI=1S/C10H18FN/c11-10(9-3-4-9)6-8-2-1-5-12-7-8/h8-10,12H,1-7H2. The van der Waals surface area contributed by atoms with E-state index >= 15 is 0 Å². The van der Waals surface area contributed by atoms with Crippen molar-refractivity contribution < 1.29 is 4.39 Å². The van der Waals surface area contributed by atoms with Crippen molar-refractivity contribution in [3.63, 3.8) is 0 Å². The number of piperidine rings is 1. The number of rotatable bonds is 3. The molecule has 1 heterocycles. The molecule has 0 spiro atoms. The minimum Gasteiger partial charge on any atom is -0.316 e. The molecule has 2 unspecified atom stereocenters. The molecule has 2 aliphatic rings. The van der Waals surface area contributed by atoms with Gasteiger partial charge in [0.25, 0.3) is 0 Å². The highest BCUT2D eigenvalue weighted by Crippen LogP contribution is 2.37. The Morgan fingerprint density at radius 2 is 2.17 bits per heavy atom. The number of hydrogen-bond donors (Lipinski definition) is 1. The molecule has 0 bridgehead atoms.